The van der Waals surface area contributed by atoms with Gasteiger partial charge in [-0.05, 0) is 6.07 Å². The zero-order chi connectivity index (χ0) is 13.9. The molecule has 20 heavy (non-hydrogen) atoms. The molecule has 3 aromatic rings. The van der Waals surface area contributed by atoms with Crippen molar-refractivity contribution in [2.75, 3.05) is 6.54 Å². The minimum Gasteiger partial charge on any atom is -0.338 e. The van der Waals surface area contributed by atoms with E-state index < -0.39 is 0 Å². The van der Waals surface area contributed by atoms with Crippen LogP contribution in [0.3, 0.4) is 0 Å². The highest BCUT2D eigenvalue weighted by molar-refractivity contribution is 7.19. The van der Waals surface area contributed by atoms with Crippen LogP contribution in [0.2, 0.25) is 5.02 Å². The van der Waals surface area contributed by atoms with Crippen LogP contribution in [-0.2, 0) is 20.0 Å². The number of thiophene rings is 1. The highest BCUT2D eigenvalue weighted by atomic mass is 35.5. The van der Waals surface area contributed by atoms with Crippen LogP contribution in [0.4, 0.5) is 0 Å². The molecule has 0 unspecified atom stereocenters. The third-order valence-corrected chi connectivity index (χ3v) is 5.05. The molecule has 5 heteroatoms. The molecule has 2 heterocycles. The second-order valence-corrected chi connectivity index (χ2v) is 6.23. The summed E-state index contributed by atoms with van der Waals surface area (Å²) in [6, 6.07) is 8.27. The predicted octanol–water partition coefficient (Wildman–Crippen LogP) is 3.62. The molecule has 0 saturated heterocycles. The number of aryl methyl sites for hydroxylation is 1. The summed E-state index contributed by atoms with van der Waals surface area (Å²) < 4.78 is 3.30. The van der Waals surface area contributed by atoms with E-state index in [2.05, 4.69) is 22.4 Å². The molecule has 3 nitrogen and oxygen atoms in total. The third-order valence-electron chi connectivity index (χ3n) is 3.33. The van der Waals surface area contributed by atoms with Gasteiger partial charge in [0.1, 0.15) is 5.82 Å². The number of rotatable bonds is 5. The van der Waals surface area contributed by atoms with Crippen LogP contribution in [0.1, 0.15) is 10.7 Å². The molecule has 0 aliphatic heterocycles. The van der Waals surface area contributed by atoms with Crippen molar-refractivity contribution in [2.24, 2.45) is 7.05 Å². The van der Waals surface area contributed by atoms with Crippen molar-refractivity contribution < 1.29 is 0 Å². The van der Waals surface area contributed by atoms with Crippen molar-refractivity contribution in [1.82, 2.24) is 14.9 Å². The van der Waals surface area contributed by atoms with E-state index in [1.807, 2.05) is 36.1 Å². The number of hydrogen-bond donors (Lipinski definition) is 1. The molecule has 2 aromatic heterocycles. The van der Waals surface area contributed by atoms with Crippen molar-refractivity contribution in [3.8, 4) is 0 Å². The Hall–Kier alpha value is -1.36. The number of imidazole rings is 1. The van der Waals surface area contributed by atoms with Gasteiger partial charge in [0.25, 0.3) is 0 Å². The lowest BCUT2D eigenvalue weighted by atomic mass is 10.2. The Morgan fingerprint density at radius 3 is 2.95 bits per heavy atom. The number of aromatic nitrogens is 2. The molecule has 0 aliphatic carbocycles. The minimum atomic E-state index is 0.808. The molecule has 0 amide bonds. The Bertz CT molecular complexity index is 717. The van der Waals surface area contributed by atoms with E-state index in [4.69, 9.17) is 11.6 Å². The summed E-state index contributed by atoms with van der Waals surface area (Å²) >= 11 is 8.17. The molecule has 0 spiro atoms. The second kappa shape index (κ2) is 5.95. The van der Waals surface area contributed by atoms with Crippen molar-refractivity contribution >= 4 is 33.0 Å². The fourth-order valence-corrected chi connectivity index (χ4v) is 3.69. The van der Waals surface area contributed by atoms with Crippen LogP contribution in [0, 0.1) is 0 Å². The van der Waals surface area contributed by atoms with Gasteiger partial charge in [-0.15, -0.1) is 11.3 Å². The first-order chi connectivity index (χ1) is 9.75. The van der Waals surface area contributed by atoms with Gasteiger partial charge in [0.05, 0.1) is 5.02 Å². The quantitative estimate of drug-likeness (QED) is 0.730. The summed E-state index contributed by atoms with van der Waals surface area (Å²) in [6.07, 6.45) is 4.72. The van der Waals surface area contributed by atoms with Crippen LogP contribution in [-0.4, -0.2) is 16.1 Å². The molecule has 104 valence electrons. The van der Waals surface area contributed by atoms with E-state index in [0.29, 0.717) is 0 Å². The fraction of sp³-hybridized carbons (Fsp3) is 0.267. The Morgan fingerprint density at radius 1 is 1.35 bits per heavy atom. The standard InChI is InChI=1S/C15H16ClN3S/c1-19-9-8-18-14(19)6-7-17-10-13-15(16)11-4-2-3-5-12(11)20-13/h2-5,8-9,17H,6-7,10H2,1H3. The monoisotopic (exact) mass is 305 g/mol. The zero-order valence-electron chi connectivity index (χ0n) is 11.3. The van der Waals surface area contributed by atoms with Crippen LogP contribution in [0.5, 0.6) is 0 Å². The van der Waals surface area contributed by atoms with Crippen LogP contribution in [0.25, 0.3) is 10.1 Å². The predicted molar refractivity (Wildman–Crippen MR) is 85.5 cm³/mol. The summed E-state index contributed by atoms with van der Waals surface area (Å²) in [5.41, 5.74) is 0. The van der Waals surface area contributed by atoms with Gasteiger partial charge in [-0.2, -0.15) is 0 Å². The molecular weight excluding hydrogens is 290 g/mol. The Balaban J connectivity index is 1.60. The zero-order valence-corrected chi connectivity index (χ0v) is 12.8. The van der Waals surface area contributed by atoms with Gasteiger partial charge in [-0.25, -0.2) is 4.98 Å². The van der Waals surface area contributed by atoms with Crippen LogP contribution < -0.4 is 5.32 Å². The topological polar surface area (TPSA) is 29.9 Å². The van der Waals surface area contributed by atoms with Gasteiger partial charge in [0, 0.05) is 53.9 Å². The lowest BCUT2D eigenvalue weighted by Crippen LogP contribution is -2.17. The lowest BCUT2D eigenvalue weighted by Gasteiger charge is -2.04. The highest BCUT2D eigenvalue weighted by Gasteiger charge is 2.09. The van der Waals surface area contributed by atoms with Gasteiger partial charge in [-0.3, -0.25) is 0 Å². The average Bonchev–Trinajstić information content (AvgIpc) is 3.00. The van der Waals surface area contributed by atoms with E-state index in [1.165, 1.54) is 9.58 Å². The highest BCUT2D eigenvalue weighted by Crippen LogP contribution is 2.34. The molecule has 1 aromatic carbocycles. The SMILES string of the molecule is Cn1ccnc1CCNCc1sc2ccccc2c1Cl. The first-order valence-electron chi connectivity index (χ1n) is 6.58. The Labute approximate surface area is 127 Å². The maximum atomic E-state index is 6.41. The fourth-order valence-electron chi connectivity index (χ4n) is 2.22. The van der Waals surface area contributed by atoms with E-state index in [0.717, 1.165) is 35.7 Å². The summed E-state index contributed by atoms with van der Waals surface area (Å²) in [4.78, 5) is 5.51. The first kappa shape index (κ1) is 13.6. The van der Waals surface area contributed by atoms with E-state index in [-0.39, 0.29) is 0 Å². The first-order valence-corrected chi connectivity index (χ1v) is 7.78. The normalized spacial score (nSPS) is 11.3. The molecule has 0 saturated carbocycles. The molecule has 0 bridgehead atoms. The number of hydrogen-bond acceptors (Lipinski definition) is 3. The summed E-state index contributed by atoms with van der Waals surface area (Å²) in [5.74, 6) is 1.10. The van der Waals surface area contributed by atoms with Crippen LogP contribution >= 0.6 is 22.9 Å². The minimum absolute atomic E-state index is 0.808. The number of nitrogens with zero attached hydrogens (tertiary/aromatic N) is 2. The lowest BCUT2D eigenvalue weighted by molar-refractivity contribution is 0.659. The van der Waals surface area contributed by atoms with Gasteiger partial charge >= 0.3 is 0 Å². The van der Waals surface area contributed by atoms with Crippen LogP contribution in [0.15, 0.2) is 36.7 Å². The molecule has 3 rings (SSSR count). The van der Waals surface area contributed by atoms with Gasteiger partial charge in [-0.1, -0.05) is 29.8 Å². The van der Waals surface area contributed by atoms with Crippen molar-refractivity contribution in [1.29, 1.82) is 0 Å². The van der Waals surface area contributed by atoms with Gasteiger partial charge < -0.3 is 9.88 Å². The maximum absolute atomic E-state index is 6.41. The largest absolute Gasteiger partial charge is 0.338 e. The van der Waals surface area contributed by atoms with Gasteiger partial charge in [0.15, 0.2) is 0 Å². The van der Waals surface area contributed by atoms with Crippen molar-refractivity contribution in [3.05, 3.63) is 52.4 Å². The molecular formula is C15H16ClN3S. The van der Waals surface area contributed by atoms with Crippen molar-refractivity contribution in [3.63, 3.8) is 0 Å². The summed E-state index contributed by atoms with van der Waals surface area (Å²) in [7, 11) is 2.02. The molecule has 0 fully saturated rings. The second-order valence-electron chi connectivity index (χ2n) is 4.72. The molecule has 1 N–H and O–H groups in total. The number of fused-ring (bicyclic) bond motifs is 1. The molecule has 0 radical (unpaired) electrons. The van der Waals surface area contributed by atoms with E-state index in [1.54, 1.807) is 11.3 Å². The van der Waals surface area contributed by atoms with E-state index >= 15 is 0 Å². The number of halogens is 1. The Morgan fingerprint density at radius 2 is 2.20 bits per heavy atom. The number of benzene rings is 1. The van der Waals surface area contributed by atoms with Crippen molar-refractivity contribution in [2.45, 2.75) is 13.0 Å². The Kier molecular flexibility index (Phi) is 4.05. The average molecular weight is 306 g/mol. The van der Waals surface area contributed by atoms with E-state index in [9.17, 15) is 0 Å². The summed E-state index contributed by atoms with van der Waals surface area (Å²) in [5, 5.41) is 5.48. The molecule has 0 aliphatic rings. The summed E-state index contributed by atoms with van der Waals surface area (Å²) in [6.45, 7) is 1.71. The smallest absolute Gasteiger partial charge is 0.109 e. The maximum Gasteiger partial charge on any atom is 0.109 e. The number of nitrogens with one attached hydrogen (secondary N) is 1. The third kappa shape index (κ3) is 2.73. The van der Waals surface area contributed by atoms with Gasteiger partial charge in [0.2, 0.25) is 0 Å². The molecule has 0 atom stereocenters.